The molecule has 2 fully saturated rings. The van der Waals surface area contributed by atoms with Gasteiger partial charge in [-0.2, -0.15) is 0 Å². The number of hydrogen-bond donors (Lipinski definition) is 0. The van der Waals surface area contributed by atoms with Gasteiger partial charge >= 0.3 is 11.9 Å². The highest BCUT2D eigenvalue weighted by Crippen LogP contribution is 2.37. The largest absolute Gasteiger partial charge is 0.471 e. The second kappa shape index (κ2) is 24.2. The first-order chi connectivity index (χ1) is 41.8. The number of benzene rings is 6. The average Bonchev–Trinajstić information content (AvgIpc) is 1.80. The zero-order chi connectivity index (χ0) is 60.9. The fraction of sp³-hybridized carbons (Fsp3) is 0.219. The lowest BCUT2D eigenvalue weighted by molar-refractivity contribution is 0.0397. The van der Waals surface area contributed by atoms with Gasteiger partial charge in [-0.05, 0) is 120 Å². The Labute approximate surface area is 500 Å². The van der Waals surface area contributed by atoms with Crippen LogP contribution in [0, 0.1) is 58.4 Å². The number of carbonyl (C=O) groups is 2. The summed E-state index contributed by atoms with van der Waals surface area (Å²) in [4.78, 5) is 45.7. The first-order valence-electron chi connectivity index (χ1n) is 27.2. The van der Waals surface area contributed by atoms with Crippen LogP contribution in [0.15, 0.2) is 121 Å². The molecular weight excluding hydrogens is 1190 g/mol. The summed E-state index contributed by atoms with van der Waals surface area (Å²) in [7, 11) is 0. The van der Waals surface area contributed by atoms with Crippen molar-refractivity contribution in [1.29, 1.82) is 0 Å². The smallest absolute Gasteiger partial charge is 0.346 e. The molecule has 0 bridgehead atoms. The number of nitrogens with zero attached hydrogens (tertiary/aromatic N) is 6. The molecule has 0 N–H and O–H groups in total. The molecule has 0 spiro atoms. The van der Waals surface area contributed by atoms with E-state index in [4.69, 9.17) is 56.9 Å². The summed E-state index contributed by atoms with van der Waals surface area (Å²) in [6, 6.07) is 23.9. The van der Waals surface area contributed by atoms with Crippen LogP contribution in [0.3, 0.4) is 0 Å². The van der Waals surface area contributed by atoms with Crippen molar-refractivity contribution in [3.05, 3.63) is 223 Å². The van der Waals surface area contributed by atoms with E-state index < -0.39 is 83.5 Å². The molecule has 4 atom stereocenters. The molecule has 0 saturated carbocycles. The van der Waals surface area contributed by atoms with Gasteiger partial charge in [-0.1, -0.05) is 49.2 Å². The summed E-state index contributed by atoms with van der Waals surface area (Å²) in [6.45, 7) is 4.23. The Bertz CT molecular complexity index is 4120. The van der Waals surface area contributed by atoms with Crippen molar-refractivity contribution in [2.75, 3.05) is 26.4 Å². The Morgan fingerprint density at radius 2 is 0.885 bits per heavy atom. The molecule has 2 aliphatic heterocycles. The average molecular weight is 1230 g/mol. The highest BCUT2D eigenvalue weighted by molar-refractivity contribution is 6.30. The Kier molecular flexibility index (Phi) is 16.3. The van der Waals surface area contributed by atoms with E-state index in [0.29, 0.717) is 46.9 Å². The first kappa shape index (κ1) is 58.6. The van der Waals surface area contributed by atoms with Gasteiger partial charge in [-0.15, -0.1) is 0 Å². The van der Waals surface area contributed by atoms with Crippen molar-refractivity contribution in [1.82, 2.24) is 29.1 Å². The monoisotopic (exact) mass is 1230 g/mol. The molecule has 0 radical (unpaired) electrons. The molecule has 6 aromatic carbocycles. The van der Waals surface area contributed by atoms with E-state index in [0.717, 1.165) is 60.7 Å². The Morgan fingerprint density at radius 1 is 0.471 bits per heavy atom. The maximum atomic E-state index is 16.2. The van der Waals surface area contributed by atoms with Crippen molar-refractivity contribution in [3.63, 3.8) is 0 Å². The second-order valence-electron chi connectivity index (χ2n) is 21.3. The lowest BCUT2D eigenvalue weighted by atomic mass is 10.0. The van der Waals surface area contributed by atoms with E-state index >= 15 is 17.6 Å². The third kappa shape index (κ3) is 12.0. The topological polar surface area (TPSA) is 142 Å². The number of halogens is 10. The quantitative estimate of drug-likeness (QED) is 0.0518. The Morgan fingerprint density at radius 3 is 1.28 bits per heavy atom. The van der Waals surface area contributed by atoms with Gasteiger partial charge in [0.25, 0.3) is 11.8 Å². The van der Waals surface area contributed by atoms with E-state index in [-0.39, 0.29) is 116 Å². The summed E-state index contributed by atoms with van der Waals surface area (Å²) < 4.78 is 155. The van der Waals surface area contributed by atoms with E-state index in [1.54, 1.807) is 9.13 Å². The maximum absolute atomic E-state index is 16.2. The number of ether oxygens (including phenoxy) is 5. The van der Waals surface area contributed by atoms with Crippen LogP contribution in [0.5, 0.6) is 11.8 Å². The Hall–Kier alpha value is -8.76. The van der Waals surface area contributed by atoms with Gasteiger partial charge in [-0.3, -0.25) is 0 Å². The van der Waals surface area contributed by atoms with Gasteiger partial charge in [-0.25, -0.2) is 64.6 Å². The SMILES string of the molecule is C[C@H]1COC[C@H]1n1c(Cc2cc(F)c(-c3ccc(F)c(OCc4ccc(Cl)cc4F)n3)cc2F)nc2ccc(C(=O)OC(=O)c3ccc4nc(Cc5cc(F)c(-c6ccc(F)c(OCc7ccc(Cl)cc7F)n6)cc5F)n([C@@H]5COC[C@@H]5C)c4c3)cc21. The summed E-state index contributed by atoms with van der Waals surface area (Å²) in [5.74, 6) is -9.43. The summed E-state index contributed by atoms with van der Waals surface area (Å²) in [6.07, 6.45) is -0.459. The van der Waals surface area contributed by atoms with Crippen LogP contribution in [0.4, 0.5) is 35.1 Å². The molecule has 12 rings (SSSR count). The molecule has 10 aromatic rings. The molecule has 2 aliphatic rings. The van der Waals surface area contributed by atoms with Crippen molar-refractivity contribution >= 4 is 57.2 Å². The predicted molar refractivity (Wildman–Crippen MR) is 303 cm³/mol. The number of fused-ring (bicyclic) bond motifs is 2. The number of aromatic nitrogens is 6. The number of imidazole rings is 2. The van der Waals surface area contributed by atoms with Crippen LogP contribution < -0.4 is 9.47 Å². The fourth-order valence-electron chi connectivity index (χ4n) is 10.8. The number of carbonyl (C=O) groups excluding carboxylic acids is 2. The summed E-state index contributed by atoms with van der Waals surface area (Å²) in [5.41, 5.74) is 0.557. The van der Waals surface area contributed by atoms with Crippen LogP contribution >= 0.6 is 23.2 Å². The number of hydrogen-bond acceptors (Lipinski definition) is 11. The minimum absolute atomic E-state index is 0.0365. The van der Waals surface area contributed by atoms with Crippen LogP contribution in [0.2, 0.25) is 10.0 Å². The molecule has 2 saturated heterocycles. The molecule has 87 heavy (non-hydrogen) atoms. The van der Waals surface area contributed by atoms with Crippen molar-refractivity contribution < 1.29 is 68.4 Å². The van der Waals surface area contributed by atoms with Gasteiger partial charge in [0.2, 0.25) is 0 Å². The predicted octanol–water partition coefficient (Wildman–Crippen LogP) is 14.7. The van der Waals surface area contributed by atoms with E-state index in [1.807, 2.05) is 13.8 Å². The van der Waals surface area contributed by atoms with Crippen molar-refractivity contribution in [3.8, 4) is 34.3 Å². The fourth-order valence-corrected chi connectivity index (χ4v) is 11.1. The van der Waals surface area contributed by atoms with E-state index in [9.17, 15) is 27.2 Å². The third-order valence-electron chi connectivity index (χ3n) is 15.4. The normalized spacial score (nSPS) is 16.7. The van der Waals surface area contributed by atoms with E-state index in [1.165, 1.54) is 60.7 Å². The van der Waals surface area contributed by atoms with Crippen molar-refractivity contribution in [2.24, 2.45) is 11.8 Å². The third-order valence-corrected chi connectivity index (χ3v) is 15.9. The van der Waals surface area contributed by atoms with Gasteiger partial charge < -0.3 is 32.8 Å². The molecule has 6 heterocycles. The van der Waals surface area contributed by atoms with Crippen LogP contribution in [0.1, 0.15) is 80.5 Å². The molecule has 4 aromatic heterocycles. The standard InChI is InChI=1S/C64H46Cl2F8N6O7/c1-31-25-83-29-57(31)79-55-17-33(5-11-53(55)75-59(79)19-37-15-49(73)41(23-47(37)71)51-13-9-43(67)61(77-51)85-27-35-3-7-39(65)21-45(35)69)63(81)87-64(82)34-6-12-54-56(18-34)80(58-30-84-26-32(58)2)60(76-54)20-38-16-50(74)42(24-48(38)72)52-14-10-44(68)62(78-52)86-28-36-4-8-40(66)22-46(36)70/h3-18,21-24,31-32,57-58H,19-20,25-30H2,1-2H3/t31-,32-,57+,58+/m0/s1. The molecule has 23 heteroatoms. The molecule has 0 aliphatic carbocycles. The highest BCUT2D eigenvalue weighted by atomic mass is 35.5. The Balaban J connectivity index is 0.783. The maximum Gasteiger partial charge on any atom is 0.346 e. The summed E-state index contributed by atoms with van der Waals surface area (Å²) in [5, 5.41) is 0.298. The summed E-state index contributed by atoms with van der Waals surface area (Å²) >= 11 is 11.7. The molecule has 444 valence electrons. The minimum Gasteiger partial charge on any atom is -0.471 e. The zero-order valence-electron chi connectivity index (χ0n) is 45.8. The molecule has 13 nitrogen and oxygen atoms in total. The molecule has 0 amide bonds. The zero-order valence-corrected chi connectivity index (χ0v) is 47.3. The van der Waals surface area contributed by atoms with Gasteiger partial charge in [0, 0.05) is 57.0 Å². The van der Waals surface area contributed by atoms with Crippen LogP contribution in [0.25, 0.3) is 44.6 Å². The van der Waals surface area contributed by atoms with E-state index in [2.05, 4.69) is 9.97 Å². The van der Waals surface area contributed by atoms with Crippen molar-refractivity contribution in [2.45, 2.75) is 52.0 Å². The lowest BCUT2D eigenvalue weighted by Crippen LogP contribution is -2.19. The van der Waals surface area contributed by atoms with Crippen LogP contribution in [-0.2, 0) is 40.3 Å². The highest BCUT2D eigenvalue weighted by Gasteiger charge is 2.33. The number of rotatable bonds is 16. The second-order valence-corrected chi connectivity index (χ2v) is 22.1. The lowest BCUT2D eigenvalue weighted by Gasteiger charge is -2.20. The van der Waals surface area contributed by atoms with Crippen LogP contribution in [-0.4, -0.2) is 67.4 Å². The molecular formula is C64H46Cl2F8N6O7. The first-order valence-corrected chi connectivity index (χ1v) is 28.0. The number of esters is 2. The number of pyridine rings is 2. The van der Waals surface area contributed by atoms with Gasteiger partial charge in [0.1, 0.15) is 59.8 Å². The minimum atomic E-state index is -1.02. The molecule has 0 unspecified atom stereocenters. The van der Waals surface area contributed by atoms with Gasteiger partial charge in [0.05, 0.1) is 83.1 Å². The van der Waals surface area contributed by atoms with Gasteiger partial charge in [0.15, 0.2) is 11.6 Å².